The molecule has 0 aliphatic carbocycles. The Hall–Kier alpha value is -2.55. The zero-order chi connectivity index (χ0) is 18.7. The summed E-state index contributed by atoms with van der Waals surface area (Å²) < 4.78 is 19.9. The van der Waals surface area contributed by atoms with Crippen LogP contribution >= 0.6 is 11.3 Å². The van der Waals surface area contributed by atoms with Gasteiger partial charge in [-0.15, -0.1) is 11.3 Å². The molecule has 1 amide bonds. The number of amides is 1. The number of benzene rings is 1. The Morgan fingerprint density at radius 3 is 2.96 bits per heavy atom. The Morgan fingerprint density at radius 1 is 1.50 bits per heavy atom. The molecule has 1 aliphatic rings. The molecular formula is C17H20FN5O2S. The molecule has 0 radical (unpaired) electrons. The number of aryl methyl sites for hydroxylation is 1. The summed E-state index contributed by atoms with van der Waals surface area (Å²) in [5.41, 5.74) is 1.74. The summed E-state index contributed by atoms with van der Waals surface area (Å²) in [4.78, 5) is 17.9. The molecular weight excluding hydrogens is 357 g/mol. The highest BCUT2D eigenvalue weighted by atomic mass is 32.1. The summed E-state index contributed by atoms with van der Waals surface area (Å²) in [6, 6.07) is 4.70. The lowest BCUT2D eigenvalue weighted by Gasteiger charge is -2.16. The molecule has 0 spiro atoms. The predicted octanol–water partition coefficient (Wildman–Crippen LogP) is 3.90. The van der Waals surface area contributed by atoms with Gasteiger partial charge in [-0.25, -0.2) is 14.2 Å². The van der Waals surface area contributed by atoms with Gasteiger partial charge in [-0.3, -0.25) is 9.91 Å². The van der Waals surface area contributed by atoms with Crippen molar-refractivity contribution in [3.63, 3.8) is 0 Å². The molecule has 1 unspecified atom stereocenters. The van der Waals surface area contributed by atoms with Crippen molar-refractivity contribution < 1.29 is 13.9 Å². The first kappa shape index (κ1) is 18.2. The van der Waals surface area contributed by atoms with Crippen molar-refractivity contribution in [1.29, 1.82) is 0 Å². The molecule has 26 heavy (non-hydrogen) atoms. The first-order valence-corrected chi connectivity index (χ1v) is 9.14. The maximum Gasteiger partial charge on any atom is 0.414 e. The largest absolute Gasteiger partial charge is 0.442 e. The van der Waals surface area contributed by atoms with Crippen molar-refractivity contribution in [2.75, 3.05) is 31.6 Å². The fourth-order valence-electron chi connectivity index (χ4n) is 2.65. The van der Waals surface area contributed by atoms with Gasteiger partial charge in [-0.2, -0.15) is 5.11 Å². The predicted molar refractivity (Wildman–Crippen MR) is 97.9 cm³/mol. The summed E-state index contributed by atoms with van der Waals surface area (Å²) in [6.07, 6.45) is -0.847. The summed E-state index contributed by atoms with van der Waals surface area (Å²) in [5.74, 6) is -0.415. The lowest BCUT2D eigenvalue weighted by molar-refractivity contribution is 0.115. The third kappa shape index (κ3) is 3.98. The third-order valence-electron chi connectivity index (χ3n) is 3.81. The van der Waals surface area contributed by atoms with Crippen LogP contribution in [0.5, 0.6) is 0 Å². The summed E-state index contributed by atoms with van der Waals surface area (Å²) in [5, 5.41) is 12.0. The van der Waals surface area contributed by atoms with Crippen molar-refractivity contribution in [3.8, 4) is 10.6 Å². The number of carbonyl (C=O) groups excluding carboxylic acids is 1. The second-order valence-corrected chi connectivity index (χ2v) is 6.82. The van der Waals surface area contributed by atoms with Gasteiger partial charge in [0.05, 0.1) is 25.3 Å². The van der Waals surface area contributed by atoms with Crippen LogP contribution in [0, 0.1) is 12.7 Å². The first-order chi connectivity index (χ1) is 12.5. The van der Waals surface area contributed by atoms with E-state index in [-0.39, 0.29) is 6.10 Å². The fraction of sp³-hybridized carbons (Fsp3) is 0.412. The number of nitrogens with zero attached hydrogens (tertiary/aromatic N) is 5. The van der Waals surface area contributed by atoms with Crippen LogP contribution in [-0.2, 0) is 4.74 Å². The molecule has 2 heterocycles. The van der Waals surface area contributed by atoms with Crippen LogP contribution in [0.3, 0.4) is 0 Å². The molecule has 138 valence electrons. The van der Waals surface area contributed by atoms with Gasteiger partial charge in [0.2, 0.25) is 0 Å². The molecule has 1 fully saturated rings. The van der Waals surface area contributed by atoms with E-state index in [9.17, 15) is 9.18 Å². The van der Waals surface area contributed by atoms with E-state index in [2.05, 4.69) is 15.3 Å². The van der Waals surface area contributed by atoms with Crippen molar-refractivity contribution >= 4 is 23.1 Å². The van der Waals surface area contributed by atoms with Crippen molar-refractivity contribution in [2.45, 2.75) is 20.0 Å². The van der Waals surface area contributed by atoms with E-state index >= 15 is 0 Å². The zero-order valence-electron chi connectivity index (χ0n) is 14.8. The highest BCUT2D eigenvalue weighted by molar-refractivity contribution is 7.13. The van der Waals surface area contributed by atoms with Gasteiger partial charge in [-0.1, -0.05) is 5.22 Å². The third-order valence-corrected chi connectivity index (χ3v) is 4.81. The molecule has 1 aliphatic heterocycles. The van der Waals surface area contributed by atoms with Gasteiger partial charge in [0.25, 0.3) is 0 Å². The SMILES string of the molecule is CCN=NN(C)CC1CN(c2ccc(-c3nc(C)cs3)c(F)c2)C(=O)O1. The van der Waals surface area contributed by atoms with E-state index in [1.807, 2.05) is 19.2 Å². The minimum atomic E-state index is -0.493. The van der Waals surface area contributed by atoms with Gasteiger partial charge >= 0.3 is 6.09 Å². The Morgan fingerprint density at radius 2 is 2.31 bits per heavy atom. The van der Waals surface area contributed by atoms with Gasteiger partial charge in [-0.05, 0) is 32.0 Å². The van der Waals surface area contributed by atoms with Crippen LogP contribution in [0.15, 0.2) is 33.9 Å². The number of rotatable bonds is 6. The van der Waals surface area contributed by atoms with Crippen molar-refractivity contribution in [3.05, 3.63) is 35.1 Å². The van der Waals surface area contributed by atoms with E-state index < -0.39 is 11.9 Å². The van der Waals surface area contributed by atoms with E-state index in [0.29, 0.717) is 35.9 Å². The molecule has 0 saturated carbocycles. The highest BCUT2D eigenvalue weighted by Gasteiger charge is 2.33. The number of hydrogen-bond acceptors (Lipinski definition) is 6. The second-order valence-electron chi connectivity index (χ2n) is 5.96. The van der Waals surface area contributed by atoms with Gasteiger partial charge in [0.1, 0.15) is 16.9 Å². The molecule has 7 nitrogen and oxygen atoms in total. The molecule has 3 rings (SSSR count). The Labute approximate surface area is 155 Å². The van der Waals surface area contributed by atoms with Crippen LogP contribution in [0.25, 0.3) is 10.6 Å². The number of likely N-dealkylation sites (N-methyl/N-ethyl adjacent to an activating group) is 1. The molecule has 1 saturated heterocycles. The number of halogens is 1. The first-order valence-electron chi connectivity index (χ1n) is 8.26. The Balaban J connectivity index is 1.72. The Bertz CT molecular complexity index is 825. The lowest BCUT2D eigenvalue weighted by Crippen LogP contribution is -2.29. The van der Waals surface area contributed by atoms with Gasteiger partial charge < -0.3 is 4.74 Å². The minimum absolute atomic E-state index is 0.333. The molecule has 0 N–H and O–H groups in total. The average Bonchev–Trinajstić information content (AvgIpc) is 3.18. The van der Waals surface area contributed by atoms with Gasteiger partial charge in [0.15, 0.2) is 0 Å². The number of cyclic esters (lactones) is 1. The monoisotopic (exact) mass is 377 g/mol. The second kappa shape index (κ2) is 7.77. The minimum Gasteiger partial charge on any atom is -0.442 e. The van der Waals surface area contributed by atoms with E-state index in [1.54, 1.807) is 24.2 Å². The highest BCUT2D eigenvalue weighted by Crippen LogP contribution is 2.30. The van der Waals surface area contributed by atoms with Crippen LogP contribution in [-0.4, -0.2) is 48.9 Å². The van der Waals surface area contributed by atoms with E-state index in [1.165, 1.54) is 22.3 Å². The standard InChI is InChI=1S/C17H20FN5O2S/c1-4-19-21-22(3)8-13-9-23(17(24)25-13)12-5-6-14(15(18)7-12)16-20-11(2)10-26-16/h5-7,10,13H,4,8-9H2,1-3H3. The fourth-order valence-corrected chi connectivity index (χ4v) is 3.48. The van der Waals surface area contributed by atoms with Crippen LogP contribution in [0.4, 0.5) is 14.9 Å². The smallest absolute Gasteiger partial charge is 0.414 e. The number of aromatic nitrogens is 1. The average molecular weight is 377 g/mol. The molecule has 0 bridgehead atoms. The lowest BCUT2D eigenvalue weighted by atomic mass is 10.2. The number of thiazole rings is 1. The maximum absolute atomic E-state index is 14.5. The number of anilines is 1. The number of hydrogen-bond donors (Lipinski definition) is 0. The normalized spacial score (nSPS) is 17.2. The molecule has 1 aromatic carbocycles. The summed E-state index contributed by atoms with van der Waals surface area (Å²) in [7, 11) is 1.76. The number of ether oxygens (including phenoxy) is 1. The number of carbonyl (C=O) groups is 1. The molecule has 1 atom stereocenters. The summed E-state index contributed by atoms with van der Waals surface area (Å²) in [6.45, 7) is 5.10. The van der Waals surface area contributed by atoms with Crippen LogP contribution in [0.2, 0.25) is 0 Å². The summed E-state index contributed by atoms with van der Waals surface area (Å²) >= 11 is 1.39. The molecule has 9 heteroatoms. The Kier molecular flexibility index (Phi) is 5.46. The van der Waals surface area contributed by atoms with Crippen molar-refractivity contribution in [2.24, 2.45) is 10.3 Å². The molecule has 2 aromatic rings. The van der Waals surface area contributed by atoms with Crippen molar-refractivity contribution in [1.82, 2.24) is 9.99 Å². The van der Waals surface area contributed by atoms with Gasteiger partial charge in [0, 0.05) is 23.7 Å². The topological polar surface area (TPSA) is 70.4 Å². The maximum atomic E-state index is 14.5. The van der Waals surface area contributed by atoms with Crippen LogP contribution in [0.1, 0.15) is 12.6 Å². The molecule has 1 aromatic heterocycles. The quantitative estimate of drug-likeness (QED) is 0.565. The van der Waals surface area contributed by atoms with E-state index in [4.69, 9.17) is 4.74 Å². The zero-order valence-corrected chi connectivity index (χ0v) is 15.7. The van der Waals surface area contributed by atoms with E-state index in [0.717, 1.165) is 5.69 Å². The van der Waals surface area contributed by atoms with Crippen LogP contribution < -0.4 is 4.90 Å².